The Kier molecular flexibility index (Phi) is 29.9. The maximum atomic E-state index is 11.2. The minimum Gasteiger partial charge on any atom is -0.316 e. The Balaban J connectivity index is -0.000000287. The van der Waals surface area contributed by atoms with Crippen molar-refractivity contribution in [3.05, 3.63) is 74.3 Å². The number of unbranched alkanes of at least 4 members (excludes halogenated alkanes) is 3. The minimum absolute atomic E-state index is 0. The fourth-order valence-electron chi connectivity index (χ4n) is 5.10. The molecule has 0 radical (unpaired) electrons. The molecule has 0 aliphatic rings. The van der Waals surface area contributed by atoms with Crippen molar-refractivity contribution in [1.82, 2.24) is 0 Å². The first-order valence-corrected chi connectivity index (χ1v) is 24.5. The van der Waals surface area contributed by atoms with Crippen LogP contribution in [0.25, 0.3) is 5.57 Å². The summed E-state index contributed by atoms with van der Waals surface area (Å²) in [6.07, 6.45) is 8.46. The van der Waals surface area contributed by atoms with Crippen LogP contribution >= 0.6 is 15.9 Å². The number of anilines is 2. The summed E-state index contributed by atoms with van der Waals surface area (Å²) in [6, 6.07) is 11.8. The quantitative estimate of drug-likeness (QED) is 0.189. The molecule has 0 saturated carbocycles. The Bertz CT molecular complexity index is 1200. The first-order valence-electron chi connectivity index (χ1n) is 16.3. The smallest absolute Gasteiger partial charge is 0.223 e. The molecule has 0 saturated heterocycles. The maximum Gasteiger partial charge on any atom is 0.223 e. The molecular weight excluding hydrogens is 751 g/mol. The summed E-state index contributed by atoms with van der Waals surface area (Å²) in [5.74, 6) is 0.0826. The van der Waals surface area contributed by atoms with Crippen molar-refractivity contribution in [1.29, 1.82) is 0 Å². The molecular formula is C41H73BrN2O2Sn. The van der Waals surface area contributed by atoms with Gasteiger partial charge in [0.15, 0.2) is 0 Å². The number of carbonyl (C=O) groups excluding carboxylic acids is 2. The van der Waals surface area contributed by atoms with Gasteiger partial charge >= 0.3 is 108 Å². The zero-order valence-electron chi connectivity index (χ0n) is 29.8. The summed E-state index contributed by atoms with van der Waals surface area (Å²) in [6.45, 7) is 26.7. The van der Waals surface area contributed by atoms with Crippen LogP contribution in [0.1, 0.15) is 126 Å². The van der Waals surface area contributed by atoms with Crippen molar-refractivity contribution in [3.63, 3.8) is 0 Å². The Morgan fingerprint density at radius 2 is 1.04 bits per heavy atom. The topological polar surface area (TPSA) is 40.6 Å². The Morgan fingerprint density at radius 1 is 0.681 bits per heavy atom. The van der Waals surface area contributed by atoms with Gasteiger partial charge in [0.2, 0.25) is 11.8 Å². The summed E-state index contributed by atoms with van der Waals surface area (Å²) < 4.78 is 7.42. The van der Waals surface area contributed by atoms with E-state index in [9.17, 15) is 9.59 Å². The van der Waals surface area contributed by atoms with Crippen molar-refractivity contribution in [2.45, 2.75) is 136 Å². The predicted molar refractivity (Wildman–Crippen MR) is 223 cm³/mol. The Labute approximate surface area is 305 Å². The Morgan fingerprint density at radius 3 is 1.32 bits per heavy atom. The second-order valence-corrected chi connectivity index (χ2v) is 27.1. The summed E-state index contributed by atoms with van der Waals surface area (Å²) >= 11 is 1.47. The molecule has 2 amide bonds. The minimum atomic E-state index is -1.94. The molecule has 0 N–H and O–H groups in total. The van der Waals surface area contributed by atoms with Gasteiger partial charge in [-0.2, -0.15) is 0 Å². The molecule has 0 unspecified atom stereocenters. The van der Waals surface area contributed by atoms with Gasteiger partial charge in [0.1, 0.15) is 0 Å². The zero-order valence-corrected chi connectivity index (χ0v) is 34.3. The van der Waals surface area contributed by atoms with Gasteiger partial charge < -0.3 is 9.80 Å². The fourth-order valence-corrected chi connectivity index (χ4v) is 20.0. The summed E-state index contributed by atoms with van der Waals surface area (Å²) in [4.78, 5) is 25.5. The van der Waals surface area contributed by atoms with Crippen molar-refractivity contribution >= 4 is 63.1 Å². The van der Waals surface area contributed by atoms with Crippen LogP contribution in [0.4, 0.5) is 11.4 Å². The van der Waals surface area contributed by atoms with Gasteiger partial charge in [0.05, 0.1) is 0 Å². The molecule has 270 valence electrons. The molecule has 47 heavy (non-hydrogen) atoms. The number of carbonyl (C=O) groups is 2. The van der Waals surface area contributed by atoms with Gasteiger partial charge in [-0.15, -0.1) is 0 Å². The third-order valence-electron chi connectivity index (χ3n) is 8.46. The molecule has 6 heteroatoms. The first-order chi connectivity index (χ1) is 20.6. The molecule has 0 aliphatic carbocycles. The number of allylic oxidation sites excluding steroid dienone is 2. The summed E-state index contributed by atoms with van der Waals surface area (Å²) in [5, 5.41) is 0. The third kappa shape index (κ3) is 18.5. The van der Waals surface area contributed by atoms with E-state index in [1.54, 1.807) is 54.6 Å². The molecule has 0 heterocycles. The normalized spacial score (nSPS) is 9.87. The number of benzene rings is 2. The number of hydrogen-bond donors (Lipinski definition) is 0. The largest absolute Gasteiger partial charge is 0.316 e. The Hall–Kier alpha value is -1.86. The fraction of sp³-hybridized carbons (Fsp3) is 0.561. The first kappa shape index (κ1) is 52.0. The number of rotatable bonds is 13. The summed E-state index contributed by atoms with van der Waals surface area (Å²) in [7, 11) is 3.54. The van der Waals surface area contributed by atoms with E-state index in [4.69, 9.17) is 0 Å². The van der Waals surface area contributed by atoms with Gasteiger partial charge in [0.25, 0.3) is 0 Å². The van der Waals surface area contributed by atoms with E-state index in [1.807, 2.05) is 57.2 Å². The molecule has 0 fully saturated rings. The molecule has 0 bridgehead atoms. The molecule has 2 rings (SSSR count). The van der Waals surface area contributed by atoms with Gasteiger partial charge in [-0.3, -0.25) is 9.59 Å². The van der Waals surface area contributed by atoms with E-state index in [0.717, 1.165) is 38.1 Å². The molecule has 0 atom stereocenters. The van der Waals surface area contributed by atoms with E-state index < -0.39 is 18.4 Å². The molecule has 0 spiro atoms. The summed E-state index contributed by atoms with van der Waals surface area (Å²) in [5.41, 5.74) is 6.32. The van der Waals surface area contributed by atoms with Crippen LogP contribution < -0.4 is 9.80 Å². The third-order valence-corrected chi connectivity index (χ3v) is 25.7. The SMILES string of the molecule is C.C.C.C=C(C)c1ccc(N(C)C(C)=O)cc1C.C=[C](C)[Sn]([CH2]CCC)([CH2]CCC)[CH2]CCC.CC(=O)N(C)c1ccc(Br)c(C)c1. The van der Waals surface area contributed by atoms with E-state index in [2.05, 4.69) is 56.8 Å². The van der Waals surface area contributed by atoms with Crippen LogP contribution in [0.15, 0.2) is 57.6 Å². The van der Waals surface area contributed by atoms with Crippen LogP contribution in [0.5, 0.6) is 0 Å². The van der Waals surface area contributed by atoms with Crippen molar-refractivity contribution < 1.29 is 9.59 Å². The van der Waals surface area contributed by atoms with Crippen LogP contribution in [-0.2, 0) is 9.59 Å². The number of nitrogens with zero attached hydrogens (tertiary/aromatic N) is 2. The predicted octanol–water partition coefficient (Wildman–Crippen LogP) is 13.6. The van der Waals surface area contributed by atoms with Crippen molar-refractivity contribution in [2.75, 3.05) is 23.9 Å². The monoisotopic (exact) mass is 824 g/mol. The number of amides is 2. The van der Waals surface area contributed by atoms with E-state index in [0.29, 0.717) is 0 Å². The van der Waals surface area contributed by atoms with E-state index in [-0.39, 0.29) is 34.1 Å². The molecule has 2 aromatic rings. The van der Waals surface area contributed by atoms with Gasteiger partial charge in [-0.1, -0.05) is 56.4 Å². The molecule has 0 aromatic heterocycles. The standard InChI is InChI=1S/C13H17NO.C10H12BrNO.3C4H9.C3H5.3CH4.Sn/c1-9(2)13-7-6-12(8-10(13)3)14(5)11(4)15;1-7-6-9(4-5-10(7)11)12(3)8(2)13;3*1-3-4-2;1-3-2;;;;/h6-8H,1H2,2-5H3;4-6H,1-3H3;3*1,3-4H2,2H3;1H2,2H3;3*1H4;. The number of aryl methyl sites for hydroxylation is 2. The van der Waals surface area contributed by atoms with Crippen LogP contribution in [0.3, 0.4) is 0 Å². The average Bonchev–Trinajstić information content (AvgIpc) is 2.97. The number of halogens is 1. The molecule has 2 aromatic carbocycles. The average molecular weight is 825 g/mol. The maximum absolute atomic E-state index is 11.2. The van der Waals surface area contributed by atoms with Crippen molar-refractivity contribution in [3.8, 4) is 0 Å². The van der Waals surface area contributed by atoms with Gasteiger partial charge in [0, 0.05) is 43.8 Å². The number of hydrogen-bond acceptors (Lipinski definition) is 2. The van der Waals surface area contributed by atoms with Crippen LogP contribution in [0, 0.1) is 13.8 Å². The van der Waals surface area contributed by atoms with Crippen molar-refractivity contribution in [2.24, 2.45) is 0 Å². The van der Waals surface area contributed by atoms with Gasteiger partial charge in [-0.25, -0.2) is 0 Å². The van der Waals surface area contributed by atoms with E-state index in [1.165, 1.54) is 38.5 Å². The second-order valence-electron chi connectivity index (χ2n) is 12.2. The van der Waals surface area contributed by atoms with Crippen LogP contribution in [-0.4, -0.2) is 44.3 Å². The van der Waals surface area contributed by atoms with Gasteiger partial charge in [-0.05, 0) is 67.8 Å². The van der Waals surface area contributed by atoms with Crippen LogP contribution in [0.2, 0.25) is 13.3 Å². The van der Waals surface area contributed by atoms with E-state index >= 15 is 0 Å². The molecule has 0 aliphatic heterocycles. The zero-order chi connectivity index (χ0) is 34.0. The molecule has 4 nitrogen and oxygen atoms in total. The second kappa shape index (κ2) is 27.0.